The van der Waals surface area contributed by atoms with E-state index in [1.165, 1.54) is 11.3 Å². The van der Waals surface area contributed by atoms with Crippen LogP contribution < -0.4 is 5.56 Å². The number of carbonyl (C=O) groups excluding carboxylic acids is 1. The Hall–Kier alpha value is -2.92. The number of aromatic nitrogens is 1. The van der Waals surface area contributed by atoms with Gasteiger partial charge in [-0.15, -0.1) is 11.3 Å². The molecule has 0 aliphatic heterocycles. The van der Waals surface area contributed by atoms with Gasteiger partial charge in [0, 0.05) is 11.1 Å². The standard InChI is InChI=1S/C20H15NO3S/c1-2-24-20(23)17-12-15-18(25-17)14-10-6-7-11-16(14)21(19(15)22)13-8-4-3-5-9-13/h3-12H,2H2,1H3. The summed E-state index contributed by atoms with van der Waals surface area (Å²) < 4.78 is 7.60. The number of nitrogens with zero attached hydrogens (tertiary/aromatic N) is 1. The van der Waals surface area contributed by atoms with E-state index in [1.54, 1.807) is 17.6 Å². The van der Waals surface area contributed by atoms with Crippen LogP contribution in [0.3, 0.4) is 0 Å². The quantitative estimate of drug-likeness (QED) is 0.516. The molecule has 4 aromatic rings. The second-order valence-electron chi connectivity index (χ2n) is 5.57. The van der Waals surface area contributed by atoms with E-state index in [2.05, 4.69) is 0 Å². The Morgan fingerprint density at radius 3 is 2.52 bits per heavy atom. The Balaban J connectivity index is 2.10. The maximum absolute atomic E-state index is 13.2. The van der Waals surface area contributed by atoms with E-state index in [0.29, 0.717) is 16.9 Å². The van der Waals surface area contributed by atoms with Gasteiger partial charge in [0.1, 0.15) is 4.88 Å². The first-order chi connectivity index (χ1) is 12.2. The van der Waals surface area contributed by atoms with Gasteiger partial charge in [-0.1, -0.05) is 36.4 Å². The molecule has 0 saturated heterocycles. The van der Waals surface area contributed by atoms with Crippen LogP contribution in [0.2, 0.25) is 0 Å². The summed E-state index contributed by atoms with van der Waals surface area (Å²) >= 11 is 1.31. The molecule has 0 saturated carbocycles. The van der Waals surface area contributed by atoms with Crippen LogP contribution in [0.4, 0.5) is 0 Å². The zero-order valence-electron chi connectivity index (χ0n) is 13.6. The number of fused-ring (bicyclic) bond motifs is 3. The van der Waals surface area contributed by atoms with Gasteiger partial charge >= 0.3 is 5.97 Å². The number of esters is 1. The van der Waals surface area contributed by atoms with Gasteiger partial charge in [-0.3, -0.25) is 9.36 Å². The number of pyridine rings is 1. The van der Waals surface area contributed by atoms with Crippen molar-refractivity contribution < 1.29 is 9.53 Å². The Labute approximate surface area is 147 Å². The summed E-state index contributed by atoms with van der Waals surface area (Å²) in [4.78, 5) is 25.7. The number of rotatable bonds is 3. The highest BCUT2D eigenvalue weighted by atomic mass is 32.1. The van der Waals surface area contributed by atoms with Crippen LogP contribution >= 0.6 is 11.3 Å². The SMILES string of the molecule is CCOC(=O)c1cc2c(=O)n(-c3ccccc3)c3ccccc3c2s1. The second-order valence-corrected chi connectivity index (χ2v) is 6.62. The zero-order chi connectivity index (χ0) is 17.4. The highest BCUT2D eigenvalue weighted by Crippen LogP contribution is 2.31. The molecule has 0 atom stereocenters. The fraction of sp³-hybridized carbons (Fsp3) is 0.100. The number of thiophene rings is 1. The molecule has 0 amide bonds. The summed E-state index contributed by atoms with van der Waals surface area (Å²) in [5.74, 6) is -0.390. The van der Waals surface area contributed by atoms with Gasteiger partial charge in [0.15, 0.2) is 0 Å². The first-order valence-corrected chi connectivity index (χ1v) is 8.82. The average Bonchev–Trinajstić information content (AvgIpc) is 3.09. The third-order valence-corrected chi connectivity index (χ3v) is 5.19. The maximum atomic E-state index is 13.2. The molecule has 0 radical (unpaired) electrons. The Kier molecular flexibility index (Phi) is 3.86. The van der Waals surface area contributed by atoms with Gasteiger partial charge in [0.2, 0.25) is 0 Å². The first kappa shape index (κ1) is 15.6. The van der Waals surface area contributed by atoms with Crippen LogP contribution in [-0.2, 0) is 4.74 Å². The lowest BCUT2D eigenvalue weighted by atomic mass is 10.1. The fourth-order valence-electron chi connectivity index (χ4n) is 2.98. The van der Waals surface area contributed by atoms with Crippen molar-refractivity contribution in [3.63, 3.8) is 0 Å². The van der Waals surface area contributed by atoms with Crippen molar-refractivity contribution in [2.45, 2.75) is 6.92 Å². The molecule has 0 unspecified atom stereocenters. The van der Waals surface area contributed by atoms with Gasteiger partial charge in [-0.05, 0) is 31.2 Å². The Morgan fingerprint density at radius 2 is 1.76 bits per heavy atom. The van der Waals surface area contributed by atoms with Crippen molar-refractivity contribution >= 4 is 38.3 Å². The molecule has 0 fully saturated rings. The van der Waals surface area contributed by atoms with Gasteiger partial charge < -0.3 is 4.74 Å². The number of ether oxygens (including phenoxy) is 1. The number of para-hydroxylation sites is 2. The zero-order valence-corrected chi connectivity index (χ0v) is 14.4. The first-order valence-electron chi connectivity index (χ1n) is 8.00. The lowest BCUT2D eigenvalue weighted by Gasteiger charge is -2.11. The van der Waals surface area contributed by atoms with Crippen molar-refractivity contribution in [2.24, 2.45) is 0 Å². The Morgan fingerprint density at radius 1 is 1.04 bits per heavy atom. The van der Waals surface area contributed by atoms with Gasteiger partial charge in [0.05, 0.1) is 22.2 Å². The van der Waals surface area contributed by atoms with E-state index < -0.39 is 5.97 Å². The lowest BCUT2D eigenvalue weighted by molar-refractivity contribution is 0.0532. The molecule has 124 valence electrons. The minimum Gasteiger partial charge on any atom is -0.462 e. The molecule has 2 heterocycles. The molecule has 25 heavy (non-hydrogen) atoms. The van der Waals surface area contributed by atoms with E-state index in [9.17, 15) is 9.59 Å². The van der Waals surface area contributed by atoms with Gasteiger partial charge in [0.25, 0.3) is 5.56 Å². The van der Waals surface area contributed by atoms with E-state index in [4.69, 9.17) is 4.74 Å². The van der Waals surface area contributed by atoms with E-state index in [1.807, 2.05) is 54.6 Å². The van der Waals surface area contributed by atoms with Crippen molar-refractivity contribution in [3.05, 3.63) is 75.9 Å². The molecule has 2 aromatic heterocycles. The van der Waals surface area contributed by atoms with E-state index in [-0.39, 0.29) is 5.56 Å². The average molecular weight is 349 g/mol. The van der Waals surface area contributed by atoms with Crippen LogP contribution in [0.25, 0.3) is 26.7 Å². The van der Waals surface area contributed by atoms with Crippen molar-refractivity contribution in [3.8, 4) is 5.69 Å². The van der Waals surface area contributed by atoms with Crippen molar-refractivity contribution in [2.75, 3.05) is 6.61 Å². The van der Waals surface area contributed by atoms with Crippen LogP contribution in [0, 0.1) is 0 Å². The largest absolute Gasteiger partial charge is 0.462 e. The lowest BCUT2D eigenvalue weighted by Crippen LogP contribution is -2.18. The second kappa shape index (κ2) is 6.18. The molecule has 0 N–H and O–H groups in total. The summed E-state index contributed by atoms with van der Waals surface area (Å²) in [6.07, 6.45) is 0. The van der Waals surface area contributed by atoms with E-state index >= 15 is 0 Å². The highest BCUT2D eigenvalue weighted by Gasteiger charge is 2.18. The molecule has 0 spiro atoms. The predicted molar refractivity (Wildman–Crippen MR) is 101 cm³/mol. The summed E-state index contributed by atoms with van der Waals surface area (Å²) in [7, 11) is 0. The molecular formula is C20H15NO3S. The molecule has 2 aromatic carbocycles. The monoisotopic (exact) mass is 349 g/mol. The van der Waals surface area contributed by atoms with Crippen LogP contribution in [0.15, 0.2) is 65.5 Å². The third-order valence-electron chi connectivity index (χ3n) is 4.05. The maximum Gasteiger partial charge on any atom is 0.348 e. The van der Waals surface area contributed by atoms with Crippen molar-refractivity contribution in [1.29, 1.82) is 0 Å². The molecular weight excluding hydrogens is 334 g/mol. The smallest absolute Gasteiger partial charge is 0.348 e. The highest BCUT2D eigenvalue weighted by molar-refractivity contribution is 7.21. The number of hydrogen-bond acceptors (Lipinski definition) is 4. The number of hydrogen-bond donors (Lipinski definition) is 0. The van der Waals surface area contributed by atoms with Crippen LogP contribution in [0.1, 0.15) is 16.6 Å². The molecule has 0 aliphatic carbocycles. The topological polar surface area (TPSA) is 48.3 Å². The predicted octanol–water partition coefficient (Wildman–Crippen LogP) is 4.38. The number of benzene rings is 2. The summed E-state index contributed by atoms with van der Waals surface area (Å²) in [6.45, 7) is 2.07. The van der Waals surface area contributed by atoms with Crippen LogP contribution in [0.5, 0.6) is 0 Å². The summed E-state index contributed by atoms with van der Waals surface area (Å²) in [6, 6.07) is 18.9. The molecule has 0 aliphatic rings. The fourth-order valence-corrected chi connectivity index (χ4v) is 4.05. The molecule has 5 heteroatoms. The summed E-state index contributed by atoms with van der Waals surface area (Å²) in [5, 5.41) is 1.48. The molecule has 4 rings (SSSR count). The number of carbonyl (C=O) groups is 1. The van der Waals surface area contributed by atoms with E-state index in [0.717, 1.165) is 21.3 Å². The van der Waals surface area contributed by atoms with Gasteiger partial charge in [-0.25, -0.2) is 4.79 Å². The normalized spacial score (nSPS) is 11.1. The Bertz CT molecular complexity index is 1140. The third kappa shape index (κ3) is 2.53. The minimum absolute atomic E-state index is 0.133. The minimum atomic E-state index is -0.390. The molecule has 4 nitrogen and oxygen atoms in total. The van der Waals surface area contributed by atoms with Crippen molar-refractivity contribution in [1.82, 2.24) is 4.57 Å². The van der Waals surface area contributed by atoms with Gasteiger partial charge in [-0.2, -0.15) is 0 Å². The van der Waals surface area contributed by atoms with Crippen LogP contribution in [-0.4, -0.2) is 17.1 Å². The summed E-state index contributed by atoms with van der Waals surface area (Å²) in [5.41, 5.74) is 1.49. The molecule has 0 bridgehead atoms.